The van der Waals surface area contributed by atoms with Crippen molar-refractivity contribution < 1.29 is 9.59 Å². The SMILES string of the molecule is C=C1N2C(=O)[C@@H](NC(=O)CCCCC)[C@H]2SC1(C)C. The van der Waals surface area contributed by atoms with E-state index < -0.39 is 0 Å². The van der Waals surface area contributed by atoms with Gasteiger partial charge in [-0.1, -0.05) is 26.3 Å². The van der Waals surface area contributed by atoms with Gasteiger partial charge in [0.2, 0.25) is 5.91 Å². The number of carbonyl (C=O) groups is 2. The largest absolute Gasteiger partial charge is 0.342 e. The van der Waals surface area contributed by atoms with Gasteiger partial charge in [-0.15, -0.1) is 11.8 Å². The molecule has 2 rings (SSSR count). The lowest BCUT2D eigenvalue weighted by atomic mass is 10.0. The molecule has 0 bridgehead atoms. The number of nitrogens with zero attached hydrogens (tertiary/aromatic N) is 1. The minimum atomic E-state index is -0.363. The first-order valence-corrected chi connectivity index (χ1v) is 7.76. The summed E-state index contributed by atoms with van der Waals surface area (Å²) in [6.45, 7) is 10.2. The molecule has 0 aromatic rings. The summed E-state index contributed by atoms with van der Waals surface area (Å²) < 4.78 is -0.123. The Kier molecular flexibility index (Phi) is 3.95. The second-order valence-corrected chi connectivity index (χ2v) is 7.42. The standard InChI is InChI=1S/C14H22N2O2S/c1-5-6-7-8-10(17)15-11-12(18)16-9(2)14(3,4)19-13(11)16/h11,13H,2,5-8H2,1,3-4H3,(H,15,17)/t11-,13-/m1/s1. The van der Waals surface area contributed by atoms with Crippen molar-refractivity contribution in [2.45, 2.75) is 62.6 Å². The number of rotatable bonds is 5. The molecule has 0 aromatic carbocycles. The van der Waals surface area contributed by atoms with Crippen LogP contribution >= 0.6 is 11.8 Å². The number of carbonyl (C=O) groups excluding carboxylic acids is 2. The number of β-lactam (4-membered cyclic amide) rings is 1. The maximum Gasteiger partial charge on any atom is 0.253 e. The zero-order valence-electron chi connectivity index (χ0n) is 11.9. The highest BCUT2D eigenvalue weighted by Gasteiger charge is 2.58. The van der Waals surface area contributed by atoms with Crippen LogP contribution in [-0.2, 0) is 9.59 Å². The Bertz CT molecular complexity index is 420. The topological polar surface area (TPSA) is 49.4 Å². The molecule has 0 spiro atoms. The van der Waals surface area contributed by atoms with Gasteiger partial charge in [0, 0.05) is 12.1 Å². The van der Waals surface area contributed by atoms with Crippen LogP contribution < -0.4 is 5.32 Å². The van der Waals surface area contributed by atoms with E-state index in [0.29, 0.717) is 6.42 Å². The fourth-order valence-corrected chi connectivity index (χ4v) is 3.94. The third-order valence-electron chi connectivity index (χ3n) is 3.77. The monoisotopic (exact) mass is 282 g/mol. The summed E-state index contributed by atoms with van der Waals surface area (Å²) in [6, 6.07) is -0.363. The molecule has 0 aromatic heterocycles. The van der Waals surface area contributed by atoms with E-state index in [1.54, 1.807) is 16.7 Å². The number of unbranched alkanes of at least 4 members (excludes halogenated alkanes) is 2. The summed E-state index contributed by atoms with van der Waals surface area (Å²) in [5.41, 5.74) is 0.851. The van der Waals surface area contributed by atoms with Gasteiger partial charge >= 0.3 is 0 Å². The third kappa shape index (κ3) is 2.53. The quantitative estimate of drug-likeness (QED) is 0.621. The summed E-state index contributed by atoms with van der Waals surface area (Å²) in [6.07, 6.45) is 3.55. The predicted octanol–water partition coefficient (Wildman–Crippen LogP) is 2.26. The van der Waals surface area contributed by atoms with E-state index in [4.69, 9.17) is 0 Å². The number of fused-ring (bicyclic) bond motifs is 1. The van der Waals surface area contributed by atoms with E-state index in [9.17, 15) is 9.59 Å². The number of hydrogen-bond acceptors (Lipinski definition) is 3. The van der Waals surface area contributed by atoms with Crippen LogP contribution in [0, 0.1) is 0 Å². The Morgan fingerprint density at radius 1 is 1.47 bits per heavy atom. The van der Waals surface area contributed by atoms with Gasteiger partial charge in [-0.2, -0.15) is 0 Å². The van der Waals surface area contributed by atoms with Crippen LogP contribution in [0.3, 0.4) is 0 Å². The predicted molar refractivity (Wildman–Crippen MR) is 77.5 cm³/mol. The Balaban J connectivity index is 1.89. The average Bonchev–Trinajstić information content (AvgIpc) is 2.55. The van der Waals surface area contributed by atoms with Crippen molar-refractivity contribution in [2.75, 3.05) is 0 Å². The molecule has 19 heavy (non-hydrogen) atoms. The molecule has 2 heterocycles. The first kappa shape index (κ1) is 14.4. The lowest BCUT2D eigenvalue weighted by Gasteiger charge is -2.41. The van der Waals surface area contributed by atoms with Gasteiger partial charge in [-0.3, -0.25) is 14.5 Å². The van der Waals surface area contributed by atoms with Gasteiger partial charge in [0.25, 0.3) is 5.91 Å². The van der Waals surface area contributed by atoms with Crippen molar-refractivity contribution in [1.82, 2.24) is 10.2 Å². The second kappa shape index (κ2) is 5.19. The van der Waals surface area contributed by atoms with Gasteiger partial charge < -0.3 is 5.32 Å². The van der Waals surface area contributed by atoms with Crippen molar-refractivity contribution >= 4 is 23.6 Å². The molecular weight excluding hydrogens is 260 g/mol. The van der Waals surface area contributed by atoms with Crippen LogP contribution in [0.15, 0.2) is 12.3 Å². The van der Waals surface area contributed by atoms with Gasteiger partial charge in [0.1, 0.15) is 11.4 Å². The first-order valence-electron chi connectivity index (χ1n) is 6.88. The number of amides is 2. The third-order valence-corrected chi connectivity index (χ3v) is 5.32. The molecule has 2 amide bonds. The van der Waals surface area contributed by atoms with Gasteiger partial charge in [-0.05, 0) is 20.3 Å². The summed E-state index contributed by atoms with van der Waals surface area (Å²) in [7, 11) is 0. The van der Waals surface area contributed by atoms with Gasteiger partial charge in [-0.25, -0.2) is 0 Å². The molecule has 1 N–H and O–H groups in total. The normalized spacial score (nSPS) is 28.1. The van der Waals surface area contributed by atoms with Crippen molar-refractivity contribution in [3.63, 3.8) is 0 Å². The summed E-state index contributed by atoms with van der Waals surface area (Å²) >= 11 is 1.70. The fraction of sp³-hybridized carbons (Fsp3) is 0.714. The highest BCUT2D eigenvalue weighted by atomic mass is 32.2. The van der Waals surface area contributed by atoms with Crippen LogP contribution in [-0.4, -0.2) is 32.9 Å². The molecule has 2 aliphatic heterocycles. The second-order valence-electron chi connectivity index (χ2n) is 5.68. The Hall–Kier alpha value is -0.970. The minimum absolute atomic E-state index is 0.0117. The highest BCUT2D eigenvalue weighted by Crippen LogP contribution is 2.52. The van der Waals surface area contributed by atoms with Crippen LogP contribution in [0.25, 0.3) is 0 Å². The Morgan fingerprint density at radius 3 is 2.79 bits per heavy atom. The van der Waals surface area contributed by atoms with Crippen molar-refractivity contribution in [3.8, 4) is 0 Å². The van der Waals surface area contributed by atoms with E-state index in [0.717, 1.165) is 25.0 Å². The maximum absolute atomic E-state index is 12.0. The summed E-state index contributed by atoms with van der Waals surface area (Å²) in [5, 5.41) is 2.90. The highest BCUT2D eigenvalue weighted by molar-refractivity contribution is 8.01. The number of nitrogens with one attached hydrogen (secondary N) is 1. The molecule has 2 fully saturated rings. The van der Waals surface area contributed by atoms with Crippen molar-refractivity contribution in [2.24, 2.45) is 0 Å². The van der Waals surface area contributed by atoms with Crippen LogP contribution in [0.2, 0.25) is 0 Å². The van der Waals surface area contributed by atoms with E-state index in [1.807, 2.05) is 0 Å². The van der Waals surface area contributed by atoms with E-state index in [2.05, 4.69) is 32.7 Å². The summed E-state index contributed by atoms with van der Waals surface area (Å²) in [4.78, 5) is 25.6. The Labute approximate surface area is 119 Å². The lowest BCUT2D eigenvalue weighted by molar-refractivity contribution is -0.145. The smallest absolute Gasteiger partial charge is 0.253 e. The molecule has 0 radical (unpaired) electrons. The molecule has 2 saturated heterocycles. The zero-order valence-corrected chi connectivity index (χ0v) is 12.7. The zero-order chi connectivity index (χ0) is 14.2. The molecule has 0 saturated carbocycles. The van der Waals surface area contributed by atoms with Crippen molar-refractivity contribution in [1.29, 1.82) is 0 Å². The lowest BCUT2D eigenvalue weighted by Crippen LogP contribution is -2.66. The molecule has 2 aliphatic rings. The number of thioether (sulfide) groups is 1. The van der Waals surface area contributed by atoms with Crippen LogP contribution in [0.4, 0.5) is 0 Å². The minimum Gasteiger partial charge on any atom is -0.342 e. The molecule has 106 valence electrons. The first-order chi connectivity index (χ1) is 8.88. The molecular formula is C14H22N2O2S. The van der Waals surface area contributed by atoms with Gasteiger partial charge in [0.15, 0.2) is 0 Å². The van der Waals surface area contributed by atoms with E-state index in [1.165, 1.54) is 0 Å². The molecule has 4 nitrogen and oxygen atoms in total. The van der Waals surface area contributed by atoms with E-state index >= 15 is 0 Å². The fourth-order valence-electron chi connectivity index (χ4n) is 2.45. The maximum atomic E-state index is 12.0. The summed E-state index contributed by atoms with van der Waals surface area (Å²) in [5.74, 6) is -0.0284. The molecule has 0 aliphatic carbocycles. The molecule has 0 unspecified atom stereocenters. The van der Waals surface area contributed by atoms with Crippen LogP contribution in [0.1, 0.15) is 46.5 Å². The van der Waals surface area contributed by atoms with Gasteiger partial charge in [0.05, 0.1) is 4.75 Å². The Morgan fingerprint density at radius 2 is 2.16 bits per heavy atom. The molecule has 5 heteroatoms. The molecule has 2 atom stereocenters. The number of hydrogen-bond donors (Lipinski definition) is 1. The van der Waals surface area contributed by atoms with Crippen molar-refractivity contribution in [3.05, 3.63) is 12.3 Å². The van der Waals surface area contributed by atoms with E-state index in [-0.39, 0.29) is 28.0 Å². The van der Waals surface area contributed by atoms with Crippen LogP contribution in [0.5, 0.6) is 0 Å². The average molecular weight is 282 g/mol.